The second-order valence-electron chi connectivity index (χ2n) is 14.8. The van der Waals surface area contributed by atoms with Crippen molar-refractivity contribution in [2.24, 2.45) is 10.6 Å². The number of amides is 4. The first kappa shape index (κ1) is 34.4. The SMILES string of the molecule is CCC[C@H](NC(=O)[C@@H]1C[C@]2(CC(c3ccc(C)cc3)=NO2)CN1C(=O)[C@@H](NC(=O)OC1CCCC1)C(C)(C)C)C(=O)C(=O)NC1CC1. The van der Waals surface area contributed by atoms with E-state index in [1.165, 1.54) is 4.90 Å². The highest BCUT2D eigenvalue weighted by Crippen LogP contribution is 2.40. The number of carbonyl (C=O) groups excluding carboxylic acids is 5. The number of hydrogen-bond acceptors (Lipinski definition) is 8. The first-order chi connectivity index (χ1) is 22.3. The fraction of sp³-hybridized carbons (Fsp3) is 0.657. The number of likely N-dealkylation sites (tertiary alicyclic amines) is 1. The Morgan fingerprint density at radius 3 is 2.34 bits per heavy atom. The summed E-state index contributed by atoms with van der Waals surface area (Å²) < 4.78 is 5.63. The minimum absolute atomic E-state index is 0.00309. The zero-order valence-corrected chi connectivity index (χ0v) is 28.2. The van der Waals surface area contributed by atoms with E-state index < -0.39 is 58.7 Å². The van der Waals surface area contributed by atoms with E-state index in [4.69, 9.17) is 9.57 Å². The van der Waals surface area contributed by atoms with Crippen LogP contribution in [0.2, 0.25) is 0 Å². The molecule has 5 rings (SSSR count). The zero-order valence-electron chi connectivity index (χ0n) is 28.2. The lowest BCUT2D eigenvalue weighted by atomic mass is 9.85. The van der Waals surface area contributed by atoms with Gasteiger partial charge < -0.3 is 30.4 Å². The molecule has 2 aliphatic carbocycles. The van der Waals surface area contributed by atoms with Crippen molar-refractivity contribution in [2.45, 2.75) is 135 Å². The molecule has 4 atom stereocenters. The van der Waals surface area contributed by atoms with Crippen LogP contribution in [0.1, 0.15) is 103 Å². The lowest BCUT2D eigenvalue weighted by Crippen LogP contribution is -2.59. The van der Waals surface area contributed by atoms with E-state index in [1.54, 1.807) is 0 Å². The second-order valence-corrected chi connectivity index (χ2v) is 14.8. The lowest BCUT2D eigenvalue weighted by molar-refractivity contribution is -0.144. The Labute approximate surface area is 276 Å². The number of carbonyl (C=O) groups is 5. The third kappa shape index (κ3) is 8.31. The number of Topliss-reactive ketones (excluding diaryl/α,β-unsaturated/α-hetero) is 1. The Hall–Kier alpha value is -3.96. The molecule has 4 aliphatic rings. The minimum atomic E-state index is -1.04. The molecule has 0 bridgehead atoms. The molecule has 3 N–H and O–H groups in total. The molecule has 256 valence electrons. The van der Waals surface area contributed by atoms with Crippen LogP contribution in [0.25, 0.3) is 0 Å². The number of benzene rings is 1. The first-order valence-corrected chi connectivity index (χ1v) is 17.0. The molecule has 1 aromatic carbocycles. The second kappa shape index (κ2) is 14.0. The van der Waals surface area contributed by atoms with Gasteiger partial charge in [-0.2, -0.15) is 0 Å². The number of nitrogens with zero attached hydrogens (tertiary/aromatic N) is 2. The molecule has 0 radical (unpaired) electrons. The van der Waals surface area contributed by atoms with Gasteiger partial charge in [-0.15, -0.1) is 0 Å². The maximum Gasteiger partial charge on any atom is 0.408 e. The average Bonchev–Trinajstić information content (AvgIpc) is 3.37. The molecule has 0 unspecified atom stereocenters. The van der Waals surface area contributed by atoms with E-state index in [2.05, 4.69) is 21.1 Å². The van der Waals surface area contributed by atoms with E-state index in [-0.39, 0.29) is 31.5 Å². The van der Waals surface area contributed by atoms with Crippen LogP contribution in [0.3, 0.4) is 0 Å². The van der Waals surface area contributed by atoms with Gasteiger partial charge in [-0.25, -0.2) is 4.79 Å². The number of alkyl carbamates (subject to hydrolysis) is 1. The van der Waals surface area contributed by atoms with Crippen molar-refractivity contribution in [3.8, 4) is 0 Å². The summed E-state index contributed by atoms with van der Waals surface area (Å²) in [5.41, 5.74) is 0.978. The fourth-order valence-electron chi connectivity index (χ4n) is 6.62. The van der Waals surface area contributed by atoms with Crippen molar-refractivity contribution in [1.82, 2.24) is 20.9 Å². The summed E-state index contributed by atoms with van der Waals surface area (Å²) in [4.78, 5) is 74.8. The molecule has 2 saturated carbocycles. The first-order valence-electron chi connectivity index (χ1n) is 17.0. The molecular weight excluding hydrogens is 602 g/mol. The molecule has 12 nitrogen and oxygen atoms in total. The van der Waals surface area contributed by atoms with Crippen LogP contribution in [-0.2, 0) is 28.8 Å². The maximum atomic E-state index is 14.4. The Bertz CT molecular complexity index is 1390. The number of ketones is 1. The van der Waals surface area contributed by atoms with Crippen LogP contribution in [-0.4, -0.2) is 82.6 Å². The Balaban J connectivity index is 1.38. The number of rotatable bonds is 11. The van der Waals surface area contributed by atoms with Gasteiger partial charge in [0, 0.05) is 18.9 Å². The Morgan fingerprint density at radius 2 is 1.72 bits per heavy atom. The summed E-state index contributed by atoms with van der Waals surface area (Å²) in [6, 6.07) is 4.79. The summed E-state index contributed by atoms with van der Waals surface area (Å²) in [6.07, 6.45) is 5.66. The smallest absolute Gasteiger partial charge is 0.408 e. The van der Waals surface area contributed by atoms with Crippen molar-refractivity contribution in [3.05, 3.63) is 35.4 Å². The van der Waals surface area contributed by atoms with Crippen molar-refractivity contribution in [2.75, 3.05) is 6.54 Å². The van der Waals surface area contributed by atoms with Gasteiger partial charge in [-0.1, -0.05) is 69.1 Å². The average molecular weight is 652 g/mol. The van der Waals surface area contributed by atoms with Gasteiger partial charge in [0.1, 0.15) is 18.2 Å². The molecule has 4 amide bonds. The van der Waals surface area contributed by atoms with E-state index in [1.807, 2.05) is 58.9 Å². The predicted molar refractivity (Wildman–Crippen MR) is 174 cm³/mol. The van der Waals surface area contributed by atoms with Gasteiger partial charge in [0.05, 0.1) is 18.3 Å². The highest BCUT2D eigenvalue weighted by molar-refractivity contribution is 6.38. The van der Waals surface area contributed by atoms with Crippen molar-refractivity contribution in [1.29, 1.82) is 0 Å². The Kier molecular flexibility index (Phi) is 10.3. The summed E-state index contributed by atoms with van der Waals surface area (Å²) in [6.45, 7) is 9.43. The molecule has 47 heavy (non-hydrogen) atoms. The highest BCUT2D eigenvalue weighted by Gasteiger charge is 2.55. The van der Waals surface area contributed by atoms with Crippen molar-refractivity contribution >= 4 is 35.3 Å². The highest BCUT2D eigenvalue weighted by atomic mass is 16.7. The lowest BCUT2D eigenvalue weighted by Gasteiger charge is -2.35. The van der Waals surface area contributed by atoms with Crippen LogP contribution in [0.4, 0.5) is 4.79 Å². The molecule has 1 spiro atoms. The fourth-order valence-corrected chi connectivity index (χ4v) is 6.62. The standard InChI is InChI=1S/C35H49N5O7/c1-6-9-25(28(41)31(43)36-23-16-17-23)37-30(42)27-19-35(18-26(39-47-35)22-14-12-21(2)13-15-22)20-40(27)32(44)29(34(3,4)5)38-33(45)46-24-10-7-8-11-24/h12-15,23-25,27,29H,6-11,16-20H2,1-5H3,(H,36,43)(H,37,42)(H,38,45)/t25-,27-,29+,35+/m0/s1. The minimum Gasteiger partial charge on any atom is -0.446 e. The molecule has 1 saturated heterocycles. The number of aryl methyl sites for hydroxylation is 1. The van der Waals surface area contributed by atoms with Gasteiger partial charge in [0.25, 0.3) is 5.91 Å². The summed E-state index contributed by atoms with van der Waals surface area (Å²) >= 11 is 0. The van der Waals surface area contributed by atoms with Crippen LogP contribution in [0.15, 0.2) is 29.4 Å². The van der Waals surface area contributed by atoms with Crippen LogP contribution in [0, 0.1) is 12.3 Å². The van der Waals surface area contributed by atoms with E-state index in [0.29, 0.717) is 18.6 Å². The van der Waals surface area contributed by atoms with Gasteiger partial charge in [-0.05, 0) is 62.8 Å². The number of nitrogens with one attached hydrogen (secondary N) is 3. The normalized spacial score (nSPS) is 23.9. The topological polar surface area (TPSA) is 156 Å². The molecular formula is C35H49N5O7. The molecule has 0 aromatic heterocycles. The Morgan fingerprint density at radius 1 is 1.04 bits per heavy atom. The zero-order chi connectivity index (χ0) is 33.9. The third-order valence-corrected chi connectivity index (χ3v) is 9.51. The monoisotopic (exact) mass is 651 g/mol. The van der Waals surface area contributed by atoms with Gasteiger partial charge >= 0.3 is 6.09 Å². The summed E-state index contributed by atoms with van der Waals surface area (Å²) in [7, 11) is 0. The molecule has 1 aromatic rings. The van der Waals surface area contributed by atoms with Crippen molar-refractivity contribution < 1.29 is 33.5 Å². The van der Waals surface area contributed by atoms with E-state index in [0.717, 1.165) is 49.7 Å². The van der Waals surface area contributed by atoms with E-state index in [9.17, 15) is 24.0 Å². The predicted octanol–water partition coefficient (Wildman–Crippen LogP) is 3.68. The van der Waals surface area contributed by atoms with Crippen LogP contribution in [0.5, 0.6) is 0 Å². The summed E-state index contributed by atoms with van der Waals surface area (Å²) in [5.74, 6) is -2.44. The van der Waals surface area contributed by atoms with Gasteiger partial charge in [0.2, 0.25) is 17.6 Å². The molecule has 3 fully saturated rings. The third-order valence-electron chi connectivity index (χ3n) is 9.51. The number of hydrogen-bond donors (Lipinski definition) is 3. The summed E-state index contributed by atoms with van der Waals surface area (Å²) in [5, 5.41) is 12.7. The molecule has 2 heterocycles. The van der Waals surface area contributed by atoms with Gasteiger partial charge in [0.15, 0.2) is 5.60 Å². The molecule has 2 aliphatic heterocycles. The quantitative estimate of drug-likeness (QED) is 0.308. The largest absolute Gasteiger partial charge is 0.446 e. The van der Waals surface area contributed by atoms with E-state index >= 15 is 0 Å². The van der Waals surface area contributed by atoms with Crippen molar-refractivity contribution in [3.63, 3.8) is 0 Å². The maximum absolute atomic E-state index is 14.4. The van der Waals surface area contributed by atoms with Crippen LogP contribution >= 0.6 is 0 Å². The number of oxime groups is 1. The number of ether oxygens (including phenoxy) is 1. The van der Waals surface area contributed by atoms with Gasteiger partial charge in [-0.3, -0.25) is 19.2 Å². The van der Waals surface area contributed by atoms with Crippen LogP contribution < -0.4 is 16.0 Å². The molecule has 12 heteroatoms.